The van der Waals surface area contributed by atoms with Crippen molar-refractivity contribution < 1.29 is 27.1 Å². The summed E-state index contributed by atoms with van der Waals surface area (Å²) in [6.07, 6.45) is -1.31. The van der Waals surface area contributed by atoms with E-state index in [0.717, 1.165) is 0 Å². The van der Waals surface area contributed by atoms with Crippen molar-refractivity contribution in [3.8, 4) is 0 Å². The molecule has 0 saturated heterocycles. The fraction of sp³-hybridized carbons (Fsp3) is 0.400. The largest absolute Gasteiger partial charge is 0.459 e. The molecule has 7 heteroatoms. The normalized spacial score (nSPS) is 11.6. The van der Waals surface area contributed by atoms with Crippen molar-refractivity contribution in [2.45, 2.75) is 18.8 Å². The number of hydrogen-bond acceptors (Lipinski definition) is 3. The molecular weight excluding hydrogens is 242 g/mol. The van der Waals surface area contributed by atoms with Gasteiger partial charge in [0.1, 0.15) is 0 Å². The van der Waals surface area contributed by atoms with Crippen molar-refractivity contribution in [2.24, 2.45) is 0 Å². The highest BCUT2D eigenvalue weighted by Crippen LogP contribution is 2.22. The van der Waals surface area contributed by atoms with E-state index < -0.39 is 24.9 Å². The zero-order valence-electron chi connectivity index (χ0n) is 8.58. The van der Waals surface area contributed by atoms with Crippen LogP contribution in [0.2, 0.25) is 0 Å². The first-order valence-electron chi connectivity index (χ1n) is 4.62. The molecule has 0 aromatic carbocycles. The maximum absolute atomic E-state index is 12.4. The third kappa shape index (κ3) is 4.38. The summed E-state index contributed by atoms with van der Waals surface area (Å²) in [5.41, 5.74) is 0.456. The minimum atomic E-state index is -4.31. The van der Waals surface area contributed by atoms with E-state index in [9.17, 15) is 22.4 Å². The van der Waals surface area contributed by atoms with Crippen molar-refractivity contribution >= 4 is 5.97 Å². The number of carbonyl (C=O) groups is 1. The fourth-order valence-electron chi connectivity index (χ4n) is 0.960. The second-order valence-corrected chi connectivity index (χ2v) is 3.26. The molecule has 0 saturated carbocycles. The Labute approximate surface area is 94.4 Å². The van der Waals surface area contributed by atoms with Crippen molar-refractivity contribution in [1.29, 1.82) is 0 Å². The summed E-state index contributed by atoms with van der Waals surface area (Å²) < 4.78 is 52.4. The van der Waals surface area contributed by atoms with Gasteiger partial charge in [-0.05, 0) is 11.6 Å². The van der Waals surface area contributed by atoms with E-state index in [1.165, 1.54) is 12.4 Å². The molecule has 1 rings (SSSR count). The van der Waals surface area contributed by atoms with Crippen LogP contribution in [0.5, 0.6) is 0 Å². The number of pyridine rings is 1. The third-order valence-electron chi connectivity index (χ3n) is 1.82. The number of esters is 1. The number of ether oxygens (including phenoxy) is 1. The van der Waals surface area contributed by atoms with Crippen LogP contribution in [-0.4, -0.2) is 29.9 Å². The average Bonchev–Trinajstić information content (AvgIpc) is 2.28. The van der Waals surface area contributed by atoms with Gasteiger partial charge in [-0.15, -0.1) is 0 Å². The molecule has 3 nitrogen and oxygen atoms in total. The van der Waals surface area contributed by atoms with E-state index in [2.05, 4.69) is 9.72 Å². The Morgan fingerprint density at radius 3 is 2.71 bits per heavy atom. The zero-order valence-corrected chi connectivity index (χ0v) is 8.58. The maximum Gasteiger partial charge on any atom is 0.340 e. The molecule has 17 heavy (non-hydrogen) atoms. The summed E-state index contributed by atoms with van der Waals surface area (Å²) in [6, 6.07) is 3.09. The molecular formula is C10H9F4NO2. The molecule has 0 bridgehead atoms. The van der Waals surface area contributed by atoms with Crippen molar-refractivity contribution in [3.63, 3.8) is 0 Å². The Morgan fingerprint density at radius 1 is 1.47 bits per heavy atom. The van der Waals surface area contributed by atoms with Crippen LogP contribution in [0.4, 0.5) is 17.6 Å². The van der Waals surface area contributed by atoms with Gasteiger partial charge < -0.3 is 4.74 Å². The molecule has 0 N–H and O–H groups in total. The predicted octanol–water partition coefficient (Wildman–Crippen LogP) is 2.07. The molecule has 0 aliphatic carbocycles. The highest BCUT2D eigenvalue weighted by molar-refractivity contribution is 5.72. The number of carbonyl (C=O) groups excluding carboxylic acids is 1. The minimum Gasteiger partial charge on any atom is -0.459 e. The number of alkyl halides is 4. The number of halogens is 4. The Morgan fingerprint density at radius 2 is 2.18 bits per heavy atom. The summed E-state index contributed by atoms with van der Waals surface area (Å²) in [5, 5.41) is 0. The van der Waals surface area contributed by atoms with Gasteiger partial charge in [0, 0.05) is 12.4 Å². The van der Waals surface area contributed by atoms with E-state index in [0.29, 0.717) is 5.56 Å². The lowest BCUT2D eigenvalue weighted by atomic mass is 10.2. The van der Waals surface area contributed by atoms with Crippen LogP contribution in [0.1, 0.15) is 5.56 Å². The average molecular weight is 251 g/mol. The second-order valence-electron chi connectivity index (χ2n) is 3.26. The van der Waals surface area contributed by atoms with Gasteiger partial charge in [-0.25, -0.2) is 8.78 Å². The summed E-state index contributed by atoms with van der Waals surface area (Å²) in [6.45, 7) is -1.62. The molecule has 0 spiro atoms. The standard InChI is InChI=1S/C10H9F4NO2/c11-9(12)10(13,14)6-17-8(16)4-7-2-1-3-15-5-7/h1-3,5,9H,4,6H2. The number of aromatic nitrogens is 1. The van der Waals surface area contributed by atoms with E-state index in [-0.39, 0.29) is 6.42 Å². The quantitative estimate of drug-likeness (QED) is 0.594. The highest BCUT2D eigenvalue weighted by Gasteiger charge is 2.42. The fourth-order valence-corrected chi connectivity index (χ4v) is 0.960. The number of nitrogens with zero attached hydrogens (tertiary/aromatic N) is 1. The minimum absolute atomic E-state index is 0.285. The van der Waals surface area contributed by atoms with Crippen LogP contribution in [0.25, 0.3) is 0 Å². The van der Waals surface area contributed by atoms with Crippen LogP contribution in [0, 0.1) is 0 Å². The number of hydrogen-bond donors (Lipinski definition) is 0. The van der Waals surface area contributed by atoms with Crippen LogP contribution >= 0.6 is 0 Å². The van der Waals surface area contributed by atoms with E-state index in [4.69, 9.17) is 0 Å². The van der Waals surface area contributed by atoms with Gasteiger partial charge in [-0.1, -0.05) is 6.07 Å². The number of rotatable bonds is 5. The molecule has 0 aliphatic rings. The zero-order chi connectivity index (χ0) is 12.9. The van der Waals surface area contributed by atoms with Crippen molar-refractivity contribution in [2.75, 3.05) is 6.61 Å². The molecule has 0 amide bonds. The van der Waals surface area contributed by atoms with Crippen LogP contribution in [0.15, 0.2) is 24.5 Å². The molecule has 1 aromatic rings. The van der Waals surface area contributed by atoms with Crippen LogP contribution in [-0.2, 0) is 16.0 Å². The molecule has 0 radical (unpaired) electrons. The maximum atomic E-state index is 12.4. The SMILES string of the molecule is O=C(Cc1cccnc1)OCC(F)(F)C(F)F. The Balaban J connectivity index is 2.41. The molecule has 94 valence electrons. The summed E-state index contributed by atoms with van der Waals surface area (Å²) in [5.74, 6) is -5.32. The van der Waals surface area contributed by atoms with Gasteiger partial charge >= 0.3 is 18.3 Å². The first-order valence-corrected chi connectivity index (χ1v) is 4.62. The second kappa shape index (κ2) is 5.60. The van der Waals surface area contributed by atoms with Gasteiger partial charge in [0.2, 0.25) is 0 Å². The summed E-state index contributed by atoms with van der Waals surface area (Å²) >= 11 is 0. The predicted molar refractivity (Wildman–Crippen MR) is 49.9 cm³/mol. The van der Waals surface area contributed by atoms with Crippen LogP contribution < -0.4 is 0 Å². The Bertz CT molecular complexity index is 370. The molecule has 0 aliphatic heterocycles. The van der Waals surface area contributed by atoms with Gasteiger partial charge in [-0.2, -0.15) is 8.78 Å². The van der Waals surface area contributed by atoms with E-state index in [1.54, 1.807) is 12.1 Å². The smallest absolute Gasteiger partial charge is 0.340 e. The molecule has 0 atom stereocenters. The van der Waals surface area contributed by atoms with Crippen molar-refractivity contribution in [3.05, 3.63) is 30.1 Å². The third-order valence-corrected chi connectivity index (χ3v) is 1.82. The lowest BCUT2D eigenvalue weighted by Gasteiger charge is -2.14. The topological polar surface area (TPSA) is 39.2 Å². The van der Waals surface area contributed by atoms with Gasteiger partial charge in [0.05, 0.1) is 6.42 Å². The van der Waals surface area contributed by atoms with Gasteiger partial charge in [0.25, 0.3) is 0 Å². The lowest BCUT2D eigenvalue weighted by Crippen LogP contribution is -2.33. The molecule has 0 fully saturated rings. The highest BCUT2D eigenvalue weighted by atomic mass is 19.3. The van der Waals surface area contributed by atoms with Crippen LogP contribution in [0.3, 0.4) is 0 Å². The lowest BCUT2D eigenvalue weighted by molar-refractivity contribution is -0.179. The Kier molecular flexibility index (Phi) is 4.42. The molecule has 1 aromatic heterocycles. The van der Waals surface area contributed by atoms with Gasteiger partial charge in [0.15, 0.2) is 6.61 Å². The Hall–Kier alpha value is -1.66. The summed E-state index contributed by atoms with van der Waals surface area (Å²) in [7, 11) is 0. The van der Waals surface area contributed by atoms with E-state index >= 15 is 0 Å². The van der Waals surface area contributed by atoms with E-state index in [1.807, 2.05) is 0 Å². The van der Waals surface area contributed by atoms with Gasteiger partial charge in [-0.3, -0.25) is 9.78 Å². The molecule has 0 unspecified atom stereocenters. The summed E-state index contributed by atoms with van der Waals surface area (Å²) in [4.78, 5) is 14.8. The monoisotopic (exact) mass is 251 g/mol. The van der Waals surface area contributed by atoms with Crippen molar-refractivity contribution in [1.82, 2.24) is 4.98 Å². The first-order chi connectivity index (χ1) is 7.92. The molecule has 1 heterocycles. The first kappa shape index (κ1) is 13.4.